The maximum atomic E-state index is 12.8. The predicted molar refractivity (Wildman–Crippen MR) is 70.4 cm³/mol. The van der Waals surface area contributed by atoms with E-state index in [1.54, 1.807) is 9.80 Å². The molecule has 2 saturated heterocycles. The lowest BCUT2D eigenvalue weighted by Crippen LogP contribution is -2.38. The Morgan fingerprint density at radius 2 is 2.09 bits per heavy atom. The van der Waals surface area contributed by atoms with Crippen molar-refractivity contribution in [3.63, 3.8) is 0 Å². The van der Waals surface area contributed by atoms with E-state index in [1.165, 1.54) is 6.92 Å². The van der Waals surface area contributed by atoms with Gasteiger partial charge in [0, 0.05) is 19.2 Å². The monoisotopic (exact) mass is 316 g/mol. The number of cyclic esters (lactones) is 1. The van der Waals surface area contributed by atoms with Crippen LogP contribution in [-0.4, -0.2) is 53.2 Å². The highest BCUT2D eigenvalue weighted by molar-refractivity contribution is 5.70. The SMILES string of the molecule is Cc1nc(N2CCC(N3CCOC3=O)C2)cc(C(F)(F)F)n1. The Bertz CT molecular complexity index is 593. The molecule has 2 aliphatic rings. The zero-order valence-corrected chi connectivity index (χ0v) is 11.9. The largest absolute Gasteiger partial charge is 0.448 e. The van der Waals surface area contributed by atoms with Gasteiger partial charge in [-0.25, -0.2) is 14.8 Å². The normalized spacial score (nSPS) is 22.4. The summed E-state index contributed by atoms with van der Waals surface area (Å²) in [5, 5.41) is 0. The Kier molecular flexibility index (Phi) is 3.57. The van der Waals surface area contributed by atoms with Crippen molar-refractivity contribution in [3.05, 3.63) is 17.6 Å². The van der Waals surface area contributed by atoms with E-state index < -0.39 is 11.9 Å². The van der Waals surface area contributed by atoms with Crippen LogP contribution in [0.15, 0.2) is 6.07 Å². The Morgan fingerprint density at radius 1 is 1.32 bits per heavy atom. The van der Waals surface area contributed by atoms with Gasteiger partial charge in [0.2, 0.25) is 0 Å². The highest BCUT2D eigenvalue weighted by Crippen LogP contribution is 2.31. The molecule has 0 radical (unpaired) electrons. The third-order valence-electron chi connectivity index (χ3n) is 3.84. The van der Waals surface area contributed by atoms with Crippen LogP contribution in [-0.2, 0) is 10.9 Å². The van der Waals surface area contributed by atoms with Crippen molar-refractivity contribution in [2.45, 2.75) is 25.6 Å². The van der Waals surface area contributed by atoms with Crippen LogP contribution in [0, 0.1) is 6.92 Å². The van der Waals surface area contributed by atoms with E-state index in [4.69, 9.17) is 4.74 Å². The molecule has 0 bridgehead atoms. The standard InChI is InChI=1S/C13H15F3N4O2/c1-8-17-10(13(14,15)16)6-11(18-8)19-3-2-9(7-19)20-4-5-22-12(20)21/h6,9H,2-5,7H2,1H3. The highest BCUT2D eigenvalue weighted by atomic mass is 19.4. The van der Waals surface area contributed by atoms with E-state index in [9.17, 15) is 18.0 Å². The fourth-order valence-corrected chi connectivity index (χ4v) is 2.80. The first-order valence-electron chi connectivity index (χ1n) is 6.96. The predicted octanol–water partition coefficient (Wildman–Crippen LogP) is 1.83. The van der Waals surface area contributed by atoms with Gasteiger partial charge in [-0.1, -0.05) is 0 Å². The molecule has 9 heteroatoms. The van der Waals surface area contributed by atoms with Crippen molar-refractivity contribution in [1.29, 1.82) is 0 Å². The molecule has 1 unspecified atom stereocenters. The fourth-order valence-electron chi connectivity index (χ4n) is 2.80. The van der Waals surface area contributed by atoms with Gasteiger partial charge in [-0.2, -0.15) is 13.2 Å². The molecule has 6 nitrogen and oxygen atoms in total. The van der Waals surface area contributed by atoms with Crippen molar-refractivity contribution in [2.75, 3.05) is 31.1 Å². The van der Waals surface area contributed by atoms with Crippen LogP contribution < -0.4 is 4.90 Å². The third kappa shape index (κ3) is 2.79. The van der Waals surface area contributed by atoms with Gasteiger partial charge in [-0.05, 0) is 13.3 Å². The number of rotatable bonds is 2. The summed E-state index contributed by atoms with van der Waals surface area (Å²) in [5.41, 5.74) is -0.945. The molecule has 0 aromatic carbocycles. The van der Waals surface area contributed by atoms with Crippen LogP contribution in [0.1, 0.15) is 17.9 Å². The highest BCUT2D eigenvalue weighted by Gasteiger charge is 2.37. The Morgan fingerprint density at radius 3 is 2.73 bits per heavy atom. The lowest BCUT2D eigenvalue weighted by atomic mass is 10.2. The second kappa shape index (κ2) is 5.29. The Hall–Kier alpha value is -2.06. The third-order valence-corrected chi connectivity index (χ3v) is 3.84. The number of amides is 1. The van der Waals surface area contributed by atoms with Crippen molar-refractivity contribution >= 4 is 11.9 Å². The van der Waals surface area contributed by atoms with E-state index in [0.717, 1.165) is 6.07 Å². The van der Waals surface area contributed by atoms with Crippen LogP contribution in [0.5, 0.6) is 0 Å². The van der Waals surface area contributed by atoms with E-state index in [2.05, 4.69) is 9.97 Å². The second-order valence-corrected chi connectivity index (χ2v) is 5.35. The average Bonchev–Trinajstić information content (AvgIpc) is 3.05. The molecule has 1 amide bonds. The van der Waals surface area contributed by atoms with Crippen LogP contribution >= 0.6 is 0 Å². The minimum atomic E-state index is -4.50. The topological polar surface area (TPSA) is 58.6 Å². The Balaban J connectivity index is 1.78. The van der Waals surface area contributed by atoms with Crippen molar-refractivity contribution in [3.8, 4) is 0 Å². The molecular formula is C13H15F3N4O2. The van der Waals surface area contributed by atoms with Gasteiger partial charge in [0.25, 0.3) is 0 Å². The van der Waals surface area contributed by atoms with Gasteiger partial charge in [-0.3, -0.25) is 4.90 Å². The molecule has 3 rings (SSSR count). The van der Waals surface area contributed by atoms with Gasteiger partial charge >= 0.3 is 12.3 Å². The molecule has 2 aliphatic heterocycles. The number of aromatic nitrogens is 2. The molecule has 1 aromatic heterocycles. The van der Waals surface area contributed by atoms with Crippen LogP contribution in [0.4, 0.5) is 23.8 Å². The maximum Gasteiger partial charge on any atom is 0.433 e. The van der Waals surface area contributed by atoms with E-state index in [1.807, 2.05) is 0 Å². The summed E-state index contributed by atoms with van der Waals surface area (Å²) < 4.78 is 43.4. The van der Waals surface area contributed by atoms with Crippen molar-refractivity contribution in [2.24, 2.45) is 0 Å². The second-order valence-electron chi connectivity index (χ2n) is 5.35. The van der Waals surface area contributed by atoms with Gasteiger partial charge in [0.05, 0.1) is 12.6 Å². The number of aryl methyl sites for hydroxylation is 1. The summed E-state index contributed by atoms with van der Waals surface area (Å²) in [5.74, 6) is 0.323. The van der Waals surface area contributed by atoms with Gasteiger partial charge in [-0.15, -0.1) is 0 Å². The number of hydrogen-bond donors (Lipinski definition) is 0. The number of carbonyl (C=O) groups is 1. The molecule has 0 spiro atoms. The molecule has 0 N–H and O–H groups in total. The van der Waals surface area contributed by atoms with Crippen molar-refractivity contribution in [1.82, 2.24) is 14.9 Å². The number of carbonyl (C=O) groups excluding carboxylic acids is 1. The maximum absolute atomic E-state index is 12.8. The first-order chi connectivity index (χ1) is 10.3. The van der Waals surface area contributed by atoms with Gasteiger partial charge in [0.15, 0.2) is 0 Å². The first kappa shape index (κ1) is 14.9. The summed E-state index contributed by atoms with van der Waals surface area (Å²) in [6, 6.07) is 0.900. The molecule has 1 aromatic rings. The van der Waals surface area contributed by atoms with Crippen LogP contribution in [0.3, 0.4) is 0 Å². The summed E-state index contributed by atoms with van der Waals surface area (Å²) in [7, 11) is 0. The van der Waals surface area contributed by atoms with Crippen LogP contribution in [0.2, 0.25) is 0 Å². The Labute approximate surface area is 124 Å². The molecular weight excluding hydrogens is 301 g/mol. The molecule has 3 heterocycles. The molecule has 120 valence electrons. The smallest absolute Gasteiger partial charge is 0.433 e. The minimum absolute atomic E-state index is 0.0559. The molecule has 1 atom stereocenters. The number of alkyl halides is 3. The quantitative estimate of drug-likeness (QED) is 0.833. The van der Waals surface area contributed by atoms with E-state index in [-0.39, 0.29) is 23.8 Å². The zero-order valence-electron chi connectivity index (χ0n) is 11.9. The van der Waals surface area contributed by atoms with Crippen LogP contribution in [0.25, 0.3) is 0 Å². The molecule has 2 fully saturated rings. The number of hydrogen-bond acceptors (Lipinski definition) is 5. The number of ether oxygens (including phenoxy) is 1. The summed E-state index contributed by atoms with van der Waals surface area (Å²) in [6.45, 7) is 3.31. The lowest BCUT2D eigenvalue weighted by Gasteiger charge is -2.22. The molecule has 0 saturated carbocycles. The van der Waals surface area contributed by atoms with Gasteiger partial charge < -0.3 is 9.64 Å². The first-order valence-corrected chi connectivity index (χ1v) is 6.96. The van der Waals surface area contributed by atoms with E-state index in [0.29, 0.717) is 32.7 Å². The fraction of sp³-hybridized carbons (Fsp3) is 0.615. The summed E-state index contributed by atoms with van der Waals surface area (Å²) in [4.78, 5) is 22.5. The summed E-state index contributed by atoms with van der Waals surface area (Å²) in [6.07, 6.45) is -4.18. The average molecular weight is 316 g/mol. The lowest BCUT2D eigenvalue weighted by molar-refractivity contribution is -0.141. The number of halogens is 3. The van der Waals surface area contributed by atoms with Crippen molar-refractivity contribution < 1.29 is 22.7 Å². The minimum Gasteiger partial charge on any atom is -0.448 e. The zero-order chi connectivity index (χ0) is 15.9. The van der Waals surface area contributed by atoms with Gasteiger partial charge in [0.1, 0.15) is 23.9 Å². The van der Waals surface area contributed by atoms with E-state index >= 15 is 0 Å². The number of nitrogens with zero attached hydrogens (tertiary/aromatic N) is 4. The number of anilines is 1. The molecule has 22 heavy (non-hydrogen) atoms. The molecule has 0 aliphatic carbocycles. The summed E-state index contributed by atoms with van der Waals surface area (Å²) >= 11 is 0.